The number of rotatable bonds is 8. The van der Waals surface area contributed by atoms with Crippen LogP contribution in [0.2, 0.25) is 0 Å². The van der Waals surface area contributed by atoms with E-state index in [0.717, 1.165) is 53.2 Å². The first-order valence-corrected chi connectivity index (χ1v) is 12.4. The first-order valence-electron chi connectivity index (χ1n) is 12.4. The van der Waals surface area contributed by atoms with Crippen molar-refractivity contribution in [2.45, 2.75) is 44.6 Å². The Bertz CT molecular complexity index is 1280. The molecule has 0 saturated heterocycles. The molecule has 8 heteroatoms. The second-order valence-corrected chi connectivity index (χ2v) is 9.42. The number of fused-ring (bicyclic) bond motifs is 1. The van der Waals surface area contributed by atoms with Gasteiger partial charge in [0.05, 0.1) is 6.33 Å². The molecule has 2 heterocycles. The average molecular weight is 472 g/mol. The van der Waals surface area contributed by atoms with Gasteiger partial charge in [-0.3, -0.25) is 0 Å². The fourth-order valence-electron chi connectivity index (χ4n) is 4.70. The third-order valence-corrected chi connectivity index (χ3v) is 6.65. The zero-order chi connectivity index (χ0) is 24.2. The molecule has 0 aliphatic heterocycles. The van der Waals surface area contributed by atoms with Gasteiger partial charge in [-0.15, -0.1) is 0 Å². The zero-order valence-corrected chi connectivity index (χ0v) is 20.4. The highest BCUT2D eigenvalue weighted by atomic mass is 16.3. The van der Waals surface area contributed by atoms with Crippen LogP contribution in [0.25, 0.3) is 11.2 Å². The fraction of sp³-hybridized carbons (Fsp3) is 0.370. The first-order chi connectivity index (χ1) is 17.1. The summed E-state index contributed by atoms with van der Waals surface area (Å²) in [6.45, 7) is 0.697. The molecule has 4 aromatic rings. The molecule has 2 aromatic carbocycles. The number of hydrogen-bond donors (Lipinski definition) is 3. The van der Waals surface area contributed by atoms with E-state index in [-0.39, 0.29) is 5.75 Å². The molecular formula is C27H33N7O. The SMILES string of the molecule is CN(C)c1cccc(Nc2nc(NCCc3ccc(O)cc3)c3ncn(C4CCCCC4)c3n2)c1. The highest BCUT2D eigenvalue weighted by Crippen LogP contribution is 2.32. The molecule has 0 atom stereocenters. The normalized spacial score (nSPS) is 14.2. The number of nitrogens with one attached hydrogen (secondary N) is 2. The lowest BCUT2D eigenvalue weighted by atomic mass is 9.95. The maximum absolute atomic E-state index is 9.53. The van der Waals surface area contributed by atoms with Crippen LogP contribution in [0.15, 0.2) is 54.9 Å². The molecule has 0 radical (unpaired) electrons. The highest BCUT2D eigenvalue weighted by Gasteiger charge is 2.21. The van der Waals surface area contributed by atoms with Crippen molar-refractivity contribution < 1.29 is 5.11 Å². The van der Waals surface area contributed by atoms with Crippen LogP contribution in [0.4, 0.5) is 23.1 Å². The Kier molecular flexibility index (Phi) is 6.70. The summed E-state index contributed by atoms with van der Waals surface area (Å²) in [7, 11) is 4.06. The predicted octanol–water partition coefficient (Wildman–Crippen LogP) is 5.50. The molecule has 3 N–H and O–H groups in total. The summed E-state index contributed by atoms with van der Waals surface area (Å²) in [5, 5.41) is 16.4. The Hall–Kier alpha value is -3.81. The van der Waals surface area contributed by atoms with E-state index in [1.165, 1.54) is 19.3 Å². The van der Waals surface area contributed by atoms with Crippen molar-refractivity contribution in [1.29, 1.82) is 0 Å². The number of aromatic nitrogens is 4. The third-order valence-electron chi connectivity index (χ3n) is 6.65. The maximum atomic E-state index is 9.53. The molecule has 0 spiro atoms. The van der Waals surface area contributed by atoms with Crippen molar-refractivity contribution in [2.24, 2.45) is 0 Å². The molecule has 2 aromatic heterocycles. The largest absolute Gasteiger partial charge is 0.508 e. The molecule has 1 aliphatic rings. The van der Waals surface area contributed by atoms with Gasteiger partial charge in [0.15, 0.2) is 17.0 Å². The number of hydrogen-bond acceptors (Lipinski definition) is 7. The molecule has 1 fully saturated rings. The van der Waals surface area contributed by atoms with E-state index in [2.05, 4.69) is 32.2 Å². The molecule has 5 rings (SSSR count). The Morgan fingerprint density at radius 3 is 2.60 bits per heavy atom. The van der Waals surface area contributed by atoms with Crippen LogP contribution < -0.4 is 15.5 Å². The van der Waals surface area contributed by atoms with Gasteiger partial charge < -0.3 is 25.2 Å². The summed E-state index contributed by atoms with van der Waals surface area (Å²) in [5.74, 6) is 1.56. The number of phenols is 1. The minimum absolute atomic E-state index is 0.279. The van der Waals surface area contributed by atoms with Gasteiger partial charge in [0.25, 0.3) is 0 Å². The number of aromatic hydroxyl groups is 1. The van der Waals surface area contributed by atoms with E-state index in [1.807, 2.05) is 44.7 Å². The van der Waals surface area contributed by atoms with Gasteiger partial charge in [-0.1, -0.05) is 37.5 Å². The van der Waals surface area contributed by atoms with Crippen LogP contribution in [0.3, 0.4) is 0 Å². The van der Waals surface area contributed by atoms with Crippen LogP contribution in [0.5, 0.6) is 5.75 Å². The van der Waals surface area contributed by atoms with E-state index in [1.54, 1.807) is 12.1 Å². The maximum Gasteiger partial charge on any atom is 0.231 e. The van der Waals surface area contributed by atoms with E-state index in [0.29, 0.717) is 18.5 Å². The topological polar surface area (TPSA) is 91.1 Å². The van der Waals surface area contributed by atoms with E-state index in [9.17, 15) is 5.11 Å². The summed E-state index contributed by atoms with van der Waals surface area (Å²) in [4.78, 5) is 16.5. The molecule has 0 bridgehead atoms. The lowest BCUT2D eigenvalue weighted by molar-refractivity contribution is 0.358. The molecule has 1 aliphatic carbocycles. The van der Waals surface area contributed by atoms with Crippen molar-refractivity contribution >= 4 is 34.3 Å². The van der Waals surface area contributed by atoms with Gasteiger partial charge in [0.2, 0.25) is 5.95 Å². The third kappa shape index (κ3) is 5.31. The summed E-state index contributed by atoms with van der Waals surface area (Å²) in [6, 6.07) is 16.0. The lowest BCUT2D eigenvalue weighted by Crippen LogP contribution is -2.14. The molecular weight excluding hydrogens is 438 g/mol. The van der Waals surface area contributed by atoms with Gasteiger partial charge in [-0.05, 0) is 55.2 Å². The van der Waals surface area contributed by atoms with Crippen LogP contribution >= 0.6 is 0 Å². The van der Waals surface area contributed by atoms with Gasteiger partial charge in [0, 0.05) is 38.1 Å². The van der Waals surface area contributed by atoms with Gasteiger partial charge >= 0.3 is 0 Å². The number of phenolic OH excluding ortho intramolecular Hbond substituents is 1. The summed E-state index contributed by atoms with van der Waals surface area (Å²) >= 11 is 0. The minimum atomic E-state index is 0.279. The van der Waals surface area contributed by atoms with Crippen LogP contribution in [0.1, 0.15) is 43.7 Å². The summed E-state index contributed by atoms with van der Waals surface area (Å²) in [5.41, 5.74) is 4.86. The smallest absolute Gasteiger partial charge is 0.231 e. The van der Waals surface area contributed by atoms with Gasteiger partial charge in [0.1, 0.15) is 5.75 Å². The van der Waals surface area contributed by atoms with Crippen molar-refractivity contribution in [3.8, 4) is 5.75 Å². The Balaban J connectivity index is 1.44. The van der Waals surface area contributed by atoms with Crippen molar-refractivity contribution in [3.63, 3.8) is 0 Å². The molecule has 35 heavy (non-hydrogen) atoms. The summed E-state index contributed by atoms with van der Waals surface area (Å²) in [6.07, 6.45) is 8.85. The molecule has 182 valence electrons. The number of nitrogens with zero attached hydrogens (tertiary/aromatic N) is 5. The zero-order valence-electron chi connectivity index (χ0n) is 20.4. The van der Waals surface area contributed by atoms with Crippen LogP contribution in [0, 0.1) is 0 Å². The highest BCUT2D eigenvalue weighted by molar-refractivity contribution is 5.85. The fourth-order valence-corrected chi connectivity index (χ4v) is 4.70. The first kappa shape index (κ1) is 23.0. The van der Waals surface area contributed by atoms with E-state index < -0.39 is 0 Å². The quantitative estimate of drug-likeness (QED) is 0.312. The number of benzene rings is 2. The van der Waals surface area contributed by atoms with Gasteiger partial charge in [-0.25, -0.2) is 4.98 Å². The van der Waals surface area contributed by atoms with Gasteiger partial charge in [-0.2, -0.15) is 9.97 Å². The molecule has 8 nitrogen and oxygen atoms in total. The molecule has 1 saturated carbocycles. The Labute approximate surface area is 206 Å². The monoisotopic (exact) mass is 471 g/mol. The van der Waals surface area contributed by atoms with E-state index in [4.69, 9.17) is 15.0 Å². The standard InChI is InChI=1S/C27H33N7O/c1-33(2)22-10-6-7-20(17-22)30-27-31-25(28-16-15-19-11-13-23(35)14-12-19)24-26(32-27)34(18-29-24)21-8-4-3-5-9-21/h6-7,10-14,17-18,21,35H,3-5,8-9,15-16H2,1-2H3,(H2,28,30,31,32). The predicted molar refractivity (Wildman–Crippen MR) is 142 cm³/mol. The van der Waals surface area contributed by atoms with Crippen molar-refractivity contribution in [2.75, 3.05) is 36.2 Å². The van der Waals surface area contributed by atoms with Crippen LogP contribution in [-0.4, -0.2) is 45.3 Å². The van der Waals surface area contributed by atoms with E-state index >= 15 is 0 Å². The minimum Gasteiger partial charge on any atom is -0.508 e. The molecule has 0 unspecified atom stereocenters. The van der Waals surface area contributed by atoms with Crippen molar-refractivity contribution in [3.05, 3.63) is 60.4 Å². The number of anilines is 4. The second kappa shape index (κ2) is 10.2. The number of imidazole rings is 1. The van der Waals surface area contributed by atoms with Crippen LogP contribution in [-0.2, 0) is 6.42 Å². The Morgan fingerprint density at radius 1 is 1.03 bits per heavy atom. The Morgan fingerprint density at radius 2 is 1.83 bits per heavy atom. The lowest BCUT2D eigenvalue weighted by Gasteiger charge is -2.23. The summed E-state index contributed by atoms with van der Waals surface area (Å²) < 4.78 is 2.24. The van der Waals surface area contributed by atoms with Crippen molar-refractivity contribution in [1.82, 2.24) is 19.5 Å². The average Bonchev–Trinajstić information content (AvgIpc) is 3.30. The second-order valence-electron chi connectivity index (χ2n) is 9.42. The molecule has 0 amide bonds.